The molecule has 0 bridgehead atoms. The molecule has 1 heterocycles. The summed E-state index contributed by atoms with van der Waals surface area (Å²) in [6.45, 7) is 6.23. The predicted molar refractivity (Wildman–Crippen MR) is 76.2 cm³/mol. The van der Waals surface area contributed by atoms with E-state index in [2.05, 4.69) is 51.9 Å². The molecule has 0 aliphatic carbocycles. The fraction of sp³-hybridized carbons (Fsp3) is 0.429. The first kappa shape index (κ1) is 14.2. The van der Waals surface area contributed by atoms with E-state index >= 15 is 0 Å². The van der Waals surface area contributed by atoms with Crippen molar-refractivity contribution < 1.29 is 4.79 Å². The number of amides is 1. The number of carbonyl (C=O) groups is 1. The standard InChI is InChI=1S/C14H19N5O/c1-9(2)8-11-4-6-12(7-5-11)10(3)13(20)15-14-16-18-19-17-14/h4-7,9-10H,8H2,1-3H3,(H2,15,16,17,18,19,20)/t10-/m0/s1. The number of nitrogens with zero attached hydrogens (tertiary/aromatic N) is 3. The van der Waals surface area contributed by atoms with Crippen molar-refractivity contribution in [2.24, 2.45) is 5.92 Å². The molecular formula is C14H19N5O. The van der Waals surface area contributed by atoms with Crippen molar-refractivity contribution in [3.05, 3.63) is 35.4 Å². The Morgan fingerprint density at radius 3 is 2.50 bits per heavy atom. The third kappa shape index (κ3) is 3.63. The van der Waals surface area contributed by atoms with Crippen LogP contribution in [0.1, 0.15) is 37.8 Å². The van der Waals surface area contributed by atoms with Gasteiger partial charge >= 0.3 is 0 Å². The monoisotopic (exact) mass is 273 g/mol. The molecule has 6 nitrogen and oxygen atoms in total. The van der Waals surface area contributed by atoms with E-state index in [9.17, 15) is 4.79 Å². The number of rotatable bonds is 5. The number of carbonyl (C=O) groups excluding carboxylic acids is 1. The normalized spacial score (nSPS) is 12.4. The summed E-state index contributed by atoms with van der Waals surface area (Å²) in [4.78, 5) is 12.0. The largest absolute Gasteiger partial charge is 0.291 e. The fourth-order valence-electron chi connectivity index (χ4n) is 2.00. The summed E-state index contributed by atoms with van der Waals surface area (Å²) >= 11 is 0. The number of aromatic amines is 1. The van der Waals surface area contributed by atoms with E-state index in [0.717, 1.165) is 12.0 Å². The number of hydrogen-bond acceptors (Lipinski definition) is 4. The zero-order valence-corrected chi connectivity index (χ0v) is 11.9. The van der Waals surface area contributed by atoms with Crippen LogP contribution in [0.2, 0.25) is 0 Å². The minimum absolute atomic E-state index is 0.150. The molecule has 2 N–H and O–H groups in total. The van der Waals surface area contributed by atoms with Gasteiger partial charge in [0.1, 0.15) is 0 Å². The minimum atomic E-state index is -0.262. The van der Waals surface area contributed by atoms with E-state index in [1.165, 1.54) is 5.56 Å². The number of hydrogen-bond donors (Lipinski definition) is 2. The van der Waals surface area contributed by atoms with Crippen LogP contribution in [0.4, 0.5) is 5.95 Å². The number of tetrazole rings is 1. The number of aromatic nitrogens is 4. The molecule has 0 saturated heterocycles. The summed E-state index contributed by atoms with van der Waals surface area (Å²) in [5.74, 6) is 0.405. The molecule has 0 aliphatic rings. The quantitative estimate of drug-likeness (QED) is 0.874. The van der Waals surface area contributed by atoms with Crippen LogP contribution in [-0.2, 0) is 11.2 Å². The van der Waals surface area contributed by atoms with Crippen molar-refractivity contribution in [2.75, 3.05) is 5.32 Å². The van der Waals surface area contributed by atoms with Crippen LogP contribution < -0.4 is 5.32 Å². The number of H-pyrrole nitrogens is 1. The maximum atomic E-state index is 12.0. The van der Waals surface area contributed by atoms with Crippen molar-refractivity contribution in [1.29, 1.82) is 0 Å². The van der Waals surface area contributed by atoms with Gasteiger partial charge in [-0.1, -0.05) is 43.2 Å². The molecule has 1 aromatic heterocycles. The summed E-state index contributed by atoms with van der Waals surface area (Å²) < 4.78 is 0. The van der Waals surface area contributed by atoms with Crippen LogP contribution in [0, 0.1) is 5.92 Å². The number of benzene rings is 1. The van der Waals surface area contributed by atoms with Gasteiger partial charge in [-0.05, 0) is 35.6 Å². The first-order valence-electron chi connectivity index (χ1n) is 6.69. The Morgan fingerprint density at radius 1 is 1.25 bits per heavy atom. The molecule has 0 saturated carbocycles. The Hall–Kier alpha value is -2.24. The van der Waals surface area contributed by atoms with Gasteiger partial charge in [0.05, 0.1) is 5.92 Å². The van der Waals surface area contributed by atoms with E-state index in [-0.39, 0.29) is 17.8 Å². The smallest absolute Gasteiger partial charge is 0.269 e. The topological polar surface area (TPSA) is 83.6 Å². The van der Waals surface area contributed by atoms with Crippen molar-refractivity contribution in [3.8, 4) is 0 Å². The van der Waals surface area contributed by atoms with Crippen molar-refractivity contribution in [2.45, 2.75) is 33.1 Å². The van der Waals surface area contributed by atoms with Gasteiger partial charge < -0.3 is 0 Å². The van der Waals surface area contributed by atoms with Gasteiger partial charge in [0.2, 0.25) is 5.91 Å². The lowest BCUT2D eigenvalue weighted by molar-refractivity contribution is -0.117. The van der Waals surface area contributed by atoms with Gasteiger partial charge in [-0.3, -0.25) is 10.1 Å². The van der Waals surface area contributed by atoms with E-state index in [1.54, 1.807) is 0 Å². The van der Waals surface area contributed by atoms with Crippen LogP contribution in [0.15, 0.2) is 24.3 Å². The molecule has 0 unspecified atom stereocenters. The maximum absolute atomic E-state index is 12.0. The van der Waals surface area contributed by atoms with Crippen LogP contribution in [0.5, 0.6) is 0 Å². The zero-order valence-electron chi connectivity index (χ0n) is 11.9. The van der Waals surface area contributed by atoms with Gasteiger partial charge in [-0.15, -0.1) is 5.10 Å². The van der Waals surface area contributed by atoms with Gasteiger partial charge in [-0.2, -0.15) is 5.21 Å². The van der Waals surface area contributed by atoms with Crippen LogP contribution >= 0.6 is 0 Å². The second-order valence-corrected chi connectivity index (χ2v) is 5.29. The highest BCUT2D eigenvalue weighted by molar-refractivity contribution is 5.94. The first-order chi connectivity index (χ1) is 9.56. The molecule has 2 rings (SSSR count). The van der Waals surface area contributed by atoms with E-state index in [4.69, 9.17) is 0 Å². The molecule has 1 aromatic carbocycles. The Balaban J connectivity index is 2.01. The average molecular weight is 273 g/mol. The molecule has 6 heteroatoms. The van der Waals surface area contributed by atoms with Crippen molar-refractivity contribution in [3.63, 3.8) is 0 Å². The molecule has 0 aliphatic heterocycles. The summed E-state index contributed by atoms with van der Waals surface area (Å²) in [6.07, 6.45) is 1.05. The molecule has 0 spiro atoms. The highest BCUT2D eigenvalue weighted by atomic mass is 16.2. The first-order valence-corrected chi connectivity index (χ1v) is 6.69. The summed E-state index contributed by atoms with van der Waals surface area (Å²) in [7, 11) is 0. The third-order valence-electron chi connectivity index (χ3n) is 3.10. The van der Waals surface area contributed by atoms with Gasteiger partial charge in [0.15, 0.2) is 0 Å². The molecule has 106 valence electrons. The lowest BCUT2D eigenvalue weighted by Crippen LogP contribution is -2.19. The molecule has 0 fully saturated rings. The zero-order chi connectivity index (χ0) is 14.5. The summed E-state index contributed by atoms with van der Waals surface area (Å²) in [5.41, 5.74) is 2.26. The number of anilines is 1. The molecule has 1 amide bonds. The molecule has 0 radical (unpaired) electrons. The molecular weight excluding hydrogens is 254 g/mol. The van der Waals surface area contributed by atoms with Gasteiger partial charge in [0.25, 0.3) is 5.95 Å². The third-order valence-corrected chi connectivity index (χ3v) is 3.10. The Labute approximate surface area is 118 Å². The SMILES string of the molecule is CC(C)Cc1ccc([C@H](C)C(=O)Nc2nn[nH]n2)cc1. The number of nitrogens with one attached hydrogen (secondary N) is 2. The maximum Gasteiger partial charge on any atom is 0.269 e. The predicted octanol–water partition coefficient (Wildman–Crippen LogP) is 2.14. The minimum Gasteiger partial charge on any atom is -0.291 e. The second-order valence-electron chi connectivity index (χ2n) is 5.29. The van der Waals surface area contributed by atoms with Crippen molar-refractivity contribution >= 4 is 11.9 Å². The lowest BCUT2D eigenvalue weighted by atomic mass is 9.96. The molecule has 20 heavy (non-hydrogen) atoms. The van der Waals surface area contributed by atoms with Gasteiger partial charge in [0, 0.05) is 0 Å². The van der Waals surface area contributed by atoms with E-state index in [1.807, 2.05) is 19.1 Å². The van der Waals surface area contributed by atoms with Crippen LogP contribution in [0.25, 0.3) is 0 Å². The van der Waals surface area contributed by atoms with Gasteiger partial charge in [-0.25, -0.2) is 0 Å². The Bertz CT molecular complexity index is 547. The lowest BCUT2D eigenvalue weighted by Gasteiger charge is -2.12. The summed E-state index contributed by atoms with van der Waals surface area (Å²) in [5, 5.41) is 15.7. The van der Waals surface area contributed by atoms with Crippen molar-refractivity contribution in [1.82, 2.24) is 20.6 Å². The van der Waals surface area contributed by atoms with Crippen LogP contribution in [-0.4, -0.2) is 26.5 Å². The summed E-state index contributed by atoms with van der Waals surface area (Å²) in [6, 6.07) is 8.15. The second kappa shape index (κ2) is 6.27. The highest BCUT2D eigenvalue weighted by Gasteiger charge is 2.16. The van der Waals surface area contributed by atoms with E-state index < -0.39 is 0 Å². The Morgan fingerprint density at radius 2 is 1.95 bits per heavy atom. The van der Waals surface area contributed by atoms with Crippen LogP contribution in [0.3, 0.4) is 0 Å². The Kier molecular flexibility index (Phi) is 4.45. The molecule has 2 aromatic rings. The fourth-order valence-corrected chi connectivity index (χ4v) is 2.00. The van der Waals surface area contributed by atoms with E-state index in [0.29, 0.717) is 5.92 Å². The average Bonchev–Trinajstić information content (AvgIpc) is 2.91. The highest BCUT2D eigenvalue weighted by Crippen LogP contribution is 2.18. The molecule has 1 atom stereocenters.